The summed E-state index contributed by atoms with van der Waals surface area (Å²) in [4.78, 5) is 23.7. The van der Waals surface area contributed by atoms with Gasteiger partial charge in [-0.25, -0.2) is 0 Å². The van der Waals surface area contributed by atoms with E-state index in [0.29, 0.717) is 6.54 Å². The van der Waals surface area contributed by atoms with Gasteiger partial charge in [-0.05, 0) is 13.8 Å². The van der Waals surface area contributed by atoms with E-state index in [1.807, 2.05) is 19.9 Å². The minimum atomic E-state index is -0.0817. The highest BCUT2D eigenvalue weighted by atomic mass is 16.2. The van der Waals surface area contributed by atoms with E-state index < -0.39 is 0 Å². The lowest BCUT2D eigenvalue weighted by Gasteiger charge is -2.25. The van der Waals surface area contributed by atoms with Crippen LogP contribution in [0.5, 0.6) is 0 Å². The molecule has 0 radical (unpaired) electrons. The van der Waals surface area contributed by atoms with Crippen LogP contribution in [0.4, 0.5) is 0 Å². The van der Waals surface area contributed by atoms with Gasteiger partial charge in [0.25, 0.3) is 0 Å². The second kappa shape index (κ2) is 4.07. The third-order valence-electron chi connectivity index (χ3n) is 1.84. The van der Waals surface area contributed by atoms with Crippen molar-refractivity contribution in [2.24, 2.45) is 0 Å². The van der Waals surface area contributed by atoms with Gasteiger partial charge in [0.1, 0.15) is 0 Å². The number of carbonyl (C=O) groups is 2. The monoisotopic (exact) mass is 182 g/mol. The molecule has 0 aromatic carbocycles. The summed E-state index contributed by atoms with van der Waals surface area (Å²) in [6.45, 7) is 4.79. The van der Waals surface area contributed by atoms with E-state index in [9.17, 15) is 9.59 Å². The summed E-state index contributed by atoms with van der Waals surface area (Å²) < 4.78 is 0. The quantitative estimate of drug-likeness (QED) is 0.607. The lowest BCUT2D eigenvalue weighted by Crippen LogP contribution is -2.51. The van der Waals surface area contributed by atoms with Gasteiger partial charge in [0.15, 0.2) is 0 Å². The molecule has 0 bridgehead atoms. The Balaban J connectivity index is 2.52. The number of rotatable bonds is 2. The summed E-state index contributed by atoms with van der Waals surface area (Å²) >= 11 is 0. The van der Waals surface area contributed by atoms with Crippen molar-refractivity contribution in [2.45, 2.75) is 13.8 Å². The number of piperazine rings is 1. The van der Waals surface area contributed by atoms with Crippen LogP contribution >= 0.6 is 0 Å². The molecule has 1 fully saturated rings. The number of allylic oxidation sites excluding steroid dienone is 1. The van der Waals surface area contributed by atoms with E-state index in [-0.39, 0.29) is 24.9 Å². The lowest BCUT2D eigenvalue weighted by molar-refractivity contribution is -0.139. The molecule has 4 heteroatoms. The summed E-state index contributed by atoms with van der Waals surface area (Å²) in [5.74, 6) is -0.0983. The standard InChI is InChI=1S/C9H14N2O2/c1-7(2)3-4-11-6-8(12)10-5-9(11)13/h3H,4-6H2,1-2H3,(H,10,12). The maximum atomic E-state index is 11.2. The molecule has 0 aromatic rings. The highest BCUT2D eigenvalue weighted by Crippen LogP contribution is 1.97. The van der Waals surface area contributed by atoms with Crippen molar-refractivity contribution >= 4 is 11.8 Å². The molecule has 0 aliphatic carbocycles. The van der Waals surface area contributed by atoms with Crippen LogP contribution < -0.4 is 5.32 Å². The average Bonchev–Trinajstić information content (AvgIpc) is 2.06. The van der Waals surface area contributed by atoms with Gasteiger partial charge in [-0.2, -0.15) is 0 Å². The van der Waals surface area contributed by atoms with E-state index in [4.69, 9.17) is 0 Å². The molecule has 1 aliphatic heterocycles. The third-order valence-corrected chi connectivity index (χ3v) is 1.84. The number of carbonyl (C=O) groups excluding carboxylic acids is 2. The van der Waals surface area contributed by atoms with Crippen molar-refractivity contribution in [3.8, 4) is 0 Å². The Kier molecular flexibility index (Phi) is 3.06. The Labute approximate surface area is 77.6 Å². The van der Waals surface area contributed by atoms with Crippen molar-refractivity contribution in [1.29, 1.82) is 0 Å². The molecule has 1 saturated heterocycles. The first-order chi connectivity index (χ1) is 6.09. The number of hydrogen-bond donors (Lipinski definition) is 1. The predicted molar refractivity (Wildman–Crippen MR) is 49.0 cm³/mol. The Morgan fingerprint density at radius 1 is 1.54 bits per heavy atom. The molecule has 0 atom stereocenters. The summed E-state index contributed by atoms with van der Waals surface area (Å²) in [6, 6.07) is 0. The number of nitrogens with zero attached hydrogens (tertiary/aromatic N) is 1. The second-order valence-corrected chi connectivity index (χ2v) is 3.33. The maximum Gasteiger partial charge on any atom is 0.242 e. The number of nitrogens with one attached hydrogen (secondary N) is 1. The van der Waals surface area contributed by atoms with Gasteiger partial charge in [0, 0.05) is 6.54 Å². The summed E-state index contributed by atoms with van der Waals surface area (Å²) in [6.07, 6.45) is 1.94. The maximum absolute atomic E-state index is 11.2. The fourth-order valence-corrected chi connectivity index (χ4v) is 1.06. The van der Waals surface area contributed by atoms with E-state index in [0.717, 1.165) is 5.57 Å². The SMILES string of the molecule is CC(C)=CCN1CC(=O)NCC1=O. The van der Waals surface area contributed by atoms with Gasteiger partial charge in [-0.3, -0.25) is 9.59 Å². The first kappa shape index (κ1) is 9.77. The van der Waals surface area contributed by atoms with E-state index in [1.54, 1.807) is 4.90 Å². The smallest absolute Gasteiger partial charge is 0.242 e. The van der Waals surface area contributed by atoms with Gasteiger partial charge in [0.05, 0.1) is 13.1 Å². The number of hydrogen-bond acceptors (Lipinski definition) is 2. The van der Waals surface area contributed by atoms with Crippen molar-refractivity contribution in [3.63, 3.8) is 0 Å². The third kappa shape index (κ3) is 2.89. The van der Waals surface area contributed by atoms with E-state index in [1.165, 1.54) is 0 Å². The van der Waals surface area contributed by atoms with Gasteiger partial charge in [0.2, 0.25) is 11.8 Å². The van der Waals surface area contributed by atoms with Crippen molar-refractivity contribution in [1.82, 2.24) is 10.2 Å². The normalized spacial score (nSPS) is 16.9. The first-order valence-corrected chi connectivity index (χ1v) is 4.27. The molecule has 4 nitrogen and oxygen atoms in total. The Morgan fingerprint density at radius 3 is 2.85 bits per heavy atom. The van der Waals surface area contributed by atoms with Crippen LogP contribution in [-0.4, -0.2) is 36.3 Å². The molecule has 1 aliphatic rings. The van der Waals surface area contributed by atoms with Crippen molar-refractivity contribution in [3.05, 3.63) is 11.6 Å². The molecule has 1 heterocycles. The van der Waals surface area contributed by atoms with E-state index >= 15 is 0 Å². The zero-order chi connectivity index (χ0) is 9.84. The molecule has 1 N–H and O–H groups in total. The van der Waals surface area contributed by atoms with Gasteiger partial charge >= 0.3 is 0 Å². The minimum Gasteiger partial charge on any atom is -0.345 e. The van der Waals surface area contributed by atoms with Crippen LogP contribution in [0.15, 0.2) is 11.6 Å². The molecule has 0 unspecified atom stereocenters. The molecular formula is C9H14N2O2. The molecule has 0 aromatic heterocycles. The Morgan fingerprint density at radius 2 is 2.23 bits per heavy atom. The van der Waals surface area contributed by atoms with Gasteiger partial charge < -0.3 is 10.2 Å². The summed E-state index contributed by atoms with van der Waals surface area (Å²) in [7, 11) is 0. The minimum absolute atomic E-state index is 0.0166. The van der Waals surface area contributed by atoms with Gasteiger partial charge in [-0.1, -0.05) is 11.6 Å². The largest absolute Gasteiger partial charge is 0.345 e. The fraction of sp³-hybridized carbons (Fsp3) is 0.556. The van der Waals surface area contributed by atoms with Crippen LogP contribution in [0.3, 0.4) is 0 Å². The van der Waals surface area contributed by atoms with Crippen LogP contribution in [0.1, 0.15) is 13.8 Å². The lowest BCUT2D eigenvalue weighted by atomic mass is 10.3. The van der Waals surface area contributed by atoms with Gasteiger partial charge in [-0.15, -0.1) is 0 Å². The van der Waals surface area contributed by atoms with Crippen molar-refractivity contribution in [2.75, 3.05) is 19.6 Å². The van der Waals surface area contributed by atoms with Crippen LogP contribution in [0.2, 0.25) is 0 Å². The van der Waals surface area contributed by atoms with Crippen LogP contribution in [0.25, 0.3) is 0 Å². The average molecular weight is 182 g/mol. The molecular weight excluding hydrogens is 168 g/mol. The second-order valence-electron chi connectivity index (χ2n) is 3.33. The highest BCUT2D eigenvalue weighted by molar-refractivity contribution is 5.92. The molecule has 13 heavy (non-hydrogen) atoms. The fourth-order valence-electron chi connectivity index (χ4n) is 1.06. The molecule has 1 rings (SSSR count). The molecule has 72 valence electrons. The zero-order valence-corrected chi connectivity index (χ0v) is 7.96. The summed E-state index contributed by atoms with van der Waals surface area (Å²) in [5.41, 5.74) is 1.15. The van der Waals surface area contributed by atoms with E-state index in [2.05, 4.69) is 5.32 Å². The first-order valence-electron chi connectivity index (χ1n) is 4.27. The van der Waals surface area contributed by atoms with Crippen LogP contribution in [0, 0.1) is 0 Å². The molecule has 2 amide bonds. The topological polar surface area (TPSA) is 49.4 Å². The predicted octanol–water partition coefficient (Wildman–Crippen LogP) is -0.0890. The number of amides is 2. The van der Waals surface area contributed by atoms with Crippen LogP contribution in [-0.2, 0) is 9.59 Å². The highest BCUT2D eigenvalue weighted by Gasteiger charge is 2.21. The molecule has 0 saturated carbocycles. The Hall–Kier alpha value is -1.32. The Bertz CT molecular complexity index is 254. The zero-order valence-electron chi connectivity index (χ0n) is 7.96. The summed E-state index contributed by atoms with van der Waals surface area (Å²) in [5, 5.41) is 2.50. The molecule has 0 spiro atoms. The van der Waals surface area contributed by atoms with Crippen molar-refractivity contribution < 1.29 is 9.59 Å².